The number of nitrogens with zero attached hydrogens (tertiary/aromatic N) is 2. The molecule has 7 nitrogen and oxygen atoms in total. The van der Waals surface area contributed by atoms with Crippen molar-refractivity contribution in [1.82, 2.24) is 14.1 Å². The Morgan fingerprint density at radius 1 is 1.52 bits per heavy atom. The van der Waals surface area contributed by atoms with Crippen LogP contribution in [0, 0.1) is 0 Å². The lowest BCUT2D eigenvalue weighted by Crippen LogP contribution is -2.47. The summed E-state index contributed by atoms with van der Waals surface area (Å²) in [6, 6.07) is -0.0707. The molecule has 0 unspecified atom stereocenters. The van der Waals surface area contributed by atoms with Crippen molar-refractivity contribution < 1.29 is 13.2 Å². The highest BCUT2D eigenvalue weighted by atomic mass is 32.2. The maximum absolute atomic E-state index is 12.7. The van der Waals surface area contributed by atoms with E-state index in [4.69, 9.17) is 4.74 Å². The van der Waals surface area contributed by atoms with Gasteiger partial charge in [-0.25, -0.2) is 18.1 Å². The van der Waals surface area contributed by atoms with Gasteiger partial charge in [-0.2, -0.15) is 0 Å². The van der Waals surface area contributed by atoms with E-state index in [-0.39, 0.29) is 17.2 Å². The first-order valence-electron chi connectivity index (χ1n) is 6.79. The first kappa shape index (κ1) is 14.8. The van der Waals surface area contributed by atoms with E-state index in [9.17, 15) is 8.42 Å². The van der Waals surface area contributed by atoms with E-state index in [1.165, 1.54) is 11.3 Å². The Morgan fingerprint density at radius 2 is 2.29 bits per heavy atom. The lowest BCUT2D eigenvalue weighted by molar-refractivity contribution is 0.0236. The van der Waals surface area contributed by atoms with Gasteiger partial charge in [0.25, 0.3) is 10.0 Å². The molecule has 116 valence electrons. The molecule has 0 radical (unpaired) electrons. The van der Waals surface area contributed by atoms with Gasteiger partial charge >= 0.3 is 0 Å². The van der Waals surface area contributed by atoms with Crippen LogP contribution in [0.5, 0.6) is 0 Å². The Balaban J connectivity index is 1.90. The van der Waals surface area contributed by atoms with Gasteiger partial charge in [0.1, 0.15) is 0 Å². The zero-order chi connectivity index (χ0) is 15.0. The van der Waals surface area contributed by atoms with Gasteiger partial charge in [0.05, 0.1) is 6.10 Å². The molecular formula is C12H18N4O3S2. The van der Waals surface area contributed by atoms with Gasteiger partial charge in [0.15, 0.2) is 15.8 Å². The normalized spacial score (nSPS) is 22.4. The van der Waals surface area contributed by atoms with Crippen molar-refractivity contribution in [3.05, 3.63) is 11.6 Å². The summed E-state index contributed by atoms with van der Waals surface area (Å²) in [7, 11) is -1.98. The summed E-state index contributed by atoms with van der Waals surface area (Å²) in [6.07, 6.45) is 3.29. The van der Waals surface area contributed by atoms with Gasteiger partial charge < -0.3 is 10.1 Å². The maximum Gasteiger partial charge on any atom is 0.260 e. The lowest BCUT2D eigenvalue weighted by atomic mass is 9.90. The number of fused-ring (bicyclic) bond motifs is 1. The first-order chi connectivity index (χ1) is 10.0. The van der Waals surface area contributed by atoms with Crippen molar-refractivity contribution >= 4 is 32.1 Å². The maximum atomic E-state index is 12.7. The number of imidazole rings is 1. The highest BCUT2D eigenvalue weighted by molar-refractivity contribution is 7.89. The highest BCUT2D eigenvalue weighted by Gasteiger charge is 2.35. The van der Waals surface area contributed by atoms with Crippen LogP contribution in [0.2, 0.25) is 0 Å². The first-order valence-corrected chi connectivity index (χ1v) is 9.16. The Hall–Kier alpha value is -1.16. The Labute approximate surface area is 127 Å². The van der Waals surface area contributed by atoms with Crippen LogP contribution in [0.3, 0.4) is 0 Å². The van der Waals surface area contributed by atoms with Gasteiger partial charge in [0.2, 0.25) is 0 Å². The van der Waals surface area contributed by atoms with Crippen LogP contribution in [-0.2, 0) is 14.8 Å². The number of ether oxygens (including phenoxy) is 1. The fourth-order valence-electron chi connectivity index (χ4n) is 2.43. The molecule has 0 aromatic carbocycles. The van der Waals surface area contributed by atoms with E-state index in [0.717, 1.165) is 0 Å². The average molecular weight is 330 g/mol. The third kappa shape index (κ3) is 2.66. The van der Waals surface area contributed by atoms with Gasteiger partial charge in [-0.15, -0.1) is 11.3 Å². The van der Waals surface area contributed by atoms with Crippen molar-refractivity contribution in [1.29, 1.82) is 0 Å². The number of anilines is 1. The predicted molar refractivity (Wildman–Crippen MR) is 81.4 cm³/mol. The summed E-state index contributed by atoms with van der Waals surface area (Å²) >= 11 is 1.41. The van der Waals surface area contributed by atoms with Crippen LogP contribution in [0.25, 0.3) is 4.96 Å². The highest BCUT2D eigenvalue weighted by Crippen LogP contribution is 2.28. The molecule has 2 aromatic heterocycles. The number of aromatic nitrogens is 2. The third-order valence-corrected chi connectivity index (χ3v) is 5.87. The number of nitrogens with one attached hydrogen (secondary N) is 2. The summed E-state index contributed by atoms with van der Waals surface area (Å²) in [4.78, 5) is 5.00. The summed E-state index contributed by atoms with van der Waals surface area (Å²) in [5.41, 5.74) is 0. The lowest BCUT2D eigenvalue weighted by Gasteiger charge is -2.34. The van der Waals surface area contributed by atoms with Gasteiger partial charge in [-0.3, -0.25) is 4.40 Å². The number of methoxy groups -OCH3 is 1. The van der Waals surface area contributed by atoms with E-state index in [2.05, 4.69) is 15.0 Å². The molecule has 0 saturated heterocycles. The number of hydrogen-bond acceptors (Lipinski definition) is 6. The second kappa shape index (κ2) is 5.56. The second-order valence-corrected chi connectivity index (χ2v) is 7.50. The van der Waals surface area contributed by atoms with Crippen molar-refractivity contribution in [3.8, 4) is 0 Å². The molecule has 0 bridgehead atoms. The number of rotatable bonds is 6. The number of thiazole rings is 1. The zero-order valence-electron chi connectivity index (χ0n) is 11.9. The summed E-state index contributed by atoms with van der Waals surface area (Å²) < 4.78 is 34.8. The van der Waals surface area contributed by atoms with Crippen LogP contribution in [0.1, 0.15) is 19.8 Å². The Bertz CT molecular complexity index is 731. The molecule has 1 fully saturated rings. The molecule has 21 heavy (non-hydrogen) atoms. The predicted octanol–water partition coefficient (Wildman–Crippen LogP) is 1.28. The van der Waals surface area contributed by atoms with Crippen molar-refractivity contribution in [2.24, 2.45) is 0 Å². The molecule has 0 aliphatic heterocycles. The number of hydrogen-bond donors (Lipinski definition) is 2. The smallest absolute Gasteiger partial charge is 0.260 e. The fourth-order valence-corrected chi connectivity index (χ4v) is 4.73. The number of sulfonamides is 1. The Morgan fingerprint density at radius 3 is 2.95 bits per heavy atom. The molecule has 2 aromatic rings. The van der Waals surface area contributed by atoms with Crippen LogP contribution in [0.4, 0.5) is 5.82 Å². The minimum atomic E-state index is -3.62. The summed E-state index contributed by atoms with van der Waals surface area (Å²) in [5.74, 6) is 0.402. The quantitative estimate of drug-likeness (QED) is 0.833. The third-order valence-electron chi connectivity index (χ3n) is 3.57. The zero-order valence-corrected chi connectivity index (χ0v) is 13.5. The van der Waals surface area contributed by atoms with E-state index >= 15 is 0 Å². The van der Waals surface area contributed by atoms with Crippen molar-refractivity contribution in [2.45, 2.75) is 36.9 Å². The second-order valence-electron chi connectivity index (χ2n) is 5.00. The molecule has 2 N–H and O–H groups in total. The van der Waals surface area contributed by atoms with Crippen LogP contribution in [-0.4, -0.2) is 43.6 Å². The fraction of sp³-hybridized carbons (Fsp3) is 0.583. The molecule has 1 aliphatic rings. The van der Waals surface area contributed by atoms with Crippen LogP contribution >= 0.6 is 11.3 Å². The van der Waals surface area contributed by atoms with E-state index in [1.54, 1.807) is 17.7 Å². The summed E-state index contributed by atoms with van der Waals surface area (Å²) in [5, 5.41) is 5.02. The molecule has 2 heterocycles. The van der Waals surface area contributed by atoms with Crippen LogP contribution in [0.15, 0.2) is 16.6 Å². The van der Waals surface area contributed by atoms with Crippen molar-refractivity contribution in [3.63, 3.8) is 0 Å². The molecule has 0 amide bonds. The largest absolute Gasteiger partial charge is 0.381 e. The molecule has 0 atom stereocenters. The molecule has 1 aliphatic carbocycles. The molecule has 1 saturated carbocycles. The average Bonchev–Trinajstić information content (AvgIpc) is 2.93. The van der Waals surface area contributed by atoms with Crippen molar-refractivity contribution in [2.75, 3.05) is 19.0 Å². The van der Waals surface area contributed by atoms with E-state index in [1.807, 2.05) is 12.3 Å². The van der Waals surface area contributed by atoms with E-state index < -0.39 is 10.0 Å². The SMILES string of the molecule is CCNc1nc2sccn2c1S(=O)(=O)NC1CC(OC)C1. The minimum absolute atomic E-state index is 0.0707. The minimum Gasteiger partial charge on any atom is -0.381 e. The van der Waals surface area contributed by atoms with Gasteiger partial charge in [-0.1, -0.05) is 0 Å². The molecule has 9 heteroatoms. The summed E-state index contributed by atoms with van der Waals surface area (Å²) in [6.45, 7) is 2.52. The van der Waals surface area contributed by atoms with Gasteiger partial charge in [-0.05, 0) is 19.8 Å². The molecular weight excluding hydrogens is 312 g/mol. The molecule has 3 rings (SSSR count). The standard InChI is InChI=1S/C12H18N4O3S2/c1-3-13-10-11(16-4-5-20-12(16)14-10)21(17,18)15-8-6-9(7-8)19-2/h4-5,8-9,13,15H,3,6-7H2,1-2H3. The topological polar surface area (TPSA) is 84.7 Å². The van der Waals surface area contributed by atoms with Gasteiger partial charge in [0, 0.05) is 31.3 Å². The van der Waals surface area contributed by atoms with Crippen LogP contribution < -0.4 is 10.0 Å². The monoisotopic (exact) mass is 330 g/mol. The van der Waals surface area contributed by atoms with E-state index in [0.29, 0.717) is 30.2 Å². The molecule has 0 spiro atoms. The Kier molecular flexibility index (Phi) is 3.91.